The van der Waals surface area contributed by atoms with Gasteiger partial charge in [0, 0.05) is 24.0 Å². The maximum absolute atomic E-state index is 12.3. The normalized spacial score (nSPS) is 53.9. The highest BCUT2D eigenvalue weighted by Crippen LogP contribution is 2.71. The summed E-state index contributed by atoms with van der Waals surface area (Å²) in [6.45, 7) is 2.07. The Hall–Kier alpha value is -0.350. The Morgan fingerprint density at radius 2 is 2.04 bits per heavy atom. The van der Waals surface area contributed by atoms with Crippen LogP contribution in [0.1, 0.15) is 58.3 Å². The molecule has 1 saturated heterocycles. The monoisotopic (exact) mass is 362 g/mol. The fourth-order valence-corrected chi connectivity index (χ4v) is 10.3. The van der Waals surface area contributed by atoms with Gasteiger partial charge in [0.25, 0.3) is 0 Å². The predicted molar refractivity (Wildman–Crippen MR) is 98.3 cm³/mol. The largest absolute Gasteiger partial charge is 0.389 e. The van der Waals surface area contributed by atoms with Crippen molar-refractivity contribution in [3.8, 4) is 0 Å². The number of aliphatic hydroxyl groups excluding tert-OH is 1. The third-order valence-electron chi connectivity index (χ3n) is 9.29. The number of carbonyl (C=O) groups is 2. The fourth-order valence-electron chi connectivity index (χ4n) is 8.20. The van der Waals surface area contributed by atoms with Crippen LogP contribution in [0.4, 0.5) is 0 Å². The summed E-state index contributed by atoms with van der Waals surface area (Å²) in [7, 11) is 0. The van der Waals surface area contributed by atoms with E-state index in [1.165, 1.54) is 25.0 Å². The van der Waals surface area contributed by atoms with Crippen LogP contribution in [0.25, 0.3) is 0 Å². The smallest absolute Gasteiger partial charge is 0.161 e. The van der Waals surface area contributed by atoms with E-state index in [1.807, 2.05) is 0 Å². The molecule has 8 atom stereocenters. The number of rotatable bonds is 2. The van der Waals surface area contributed by atoms with E-state index in [0.29, 0.717) is 28.3 Å². The Labute approximate surface area is 154 Å². The molecule has 2 bridgehead atoms. The molecule has 0 aromatic heterocycles. The Bertz CT molecular complexity index is 618. The average molecular weight is 363 g/mol. The third kappa shape index (κ3) is 2.10. The van der Waals surface area contributed by atoms with Gasteiger partial charge in [-0.25, -0.2) is 0 Å². The van der Waals surface area contributed by atoms with E-state index in [-0.39, 0.29) is 23.7 Å². The number of hydrogen-bond donors (Lipinski definition) is 1. The van der Waals surface area contributed by atoms with Gasteiger partial charge in [0.05, 0.1) is 0 Å². The number of fused-ring (bicyclic) bond motifs is 3. The quantitative estimate of drug-likeness (QED) is 0.817. The van der Waals surface area contributed by atoms with Gasteiger partial charge in [0.15, 0.2) is 5.78 Å². The van der Waals surface area contributed by atoms with Crippen molar-refractivity contribution in [1.82, 2.24) is 0 Å². The lowest BCUT2D eigenvalue weighted by molar-refractivity contribution is -0.141. The van der Waals surface area contributed by atoms with Gasteiger partial charge >= 0.3 is 0 Å². The van der Waals surface area contributed by atoms with Crippen molar-refractivity contribution in [2.24, 2.45) is 40.4 Å². The average Bonchev–Trinajstić information content (AvgIpc) is 3.08. The summed E-state index contributed by atoms with van der Waals surface area (Å²) in [6.07, 6.45) is 8.59. The van der Waals surface area contributed by atoms with Crippen molar-refractivity contribution in [3.05, 3.63) is 0 Å². The summed E-state index contributed by atoms with van der Waals surface area (Å²) >= 11 is 2.16. The molecule has 4 heteroatoms. The summed E-state index contributed by atoms with van der Waals surface area (Å²) < 4.78 is 0. The van der Waals surface area contributed by atoms with Crippen LogP contribution in [0.3, 0.4) is 0 Å². The van der Waals surface area contributed by atoms with Gasteiger partial charge in [-0.3, -0.25) is 9.59 Å². The molecule has 0 radical (unpaired) electrons. The molecule has 1 N–H and O–H groups in total. The van der Waals surface area contributed by atoms with E-state index in [4.69, 9.17) is 0 Å². The van der Waals surface area contributed by atoms with Crippen LogP contribution in [0.5, 0.6) is 0 Å². The first-order valence-corrected chi connectivity index (χ1v) is 11.3. The molecule has 138 valence electrons. The van der Waals surface area contributed by atoms with Crippen LogP contribution in [0.15, 0.2) is 0 Å². The Morgan fingerprint density at radius 3 is 2.84 bits per heavy atom. The Morgan fingerprint density at radius 1 is 1.20 bits per heavy atom. The molecule has 0 spiro atoms. The molecule has 5 fully saturated rings. The van der Waals surface area contributed by atoms with Gasteiger partial charge in [-0.2, -0.15) is 11.8 Å². The van der Waals surface area contributed by atoms with Crippen molar-refractivity contribution in [2.45, 2.75) is 63.5 Å². The highest BCUT2D eigenvalue weighted by molar-refractivity contribution is 8.00. The minimum absolute atomic E-state index is 0.0795. The first kappa shape index (κ1) is 16.8. The van der Waals surface area contributed by atoms with E-state index < -0.39 is 0 Å². The minimum atomic E-state index is -0.284. The van der Waals surface area contributed by atoms with Crippen molar-refractivity contribution in [3.63, 3.8) is 0 Å². The zero-order valence-electron chi connectivity index (χ0n) is 15.2. The third-order valence-corrected chi connectivity index (χ3v) is 10.9. The van der Waals surface area contributed by atoms with Gasteiger partial charge in [-0.15, -0.1) is 0 Å². The van der Waals surface area contributed by atoms with Gasteiger partial charge in [0.1, 0.15) is 12.4 Å². The molecular weight excluding hydrogens is 332 g/mol. The first-order valence-electron chi connectivity index (χ1n) is 10.3. The fraction of sp³-hybridized carbons (Fsp3) is 0.905. The second-order valence-electron chi connectivity index (χ2n) is 9.84. The molecule has 4 aliphatic carbocycles. The van der Waals surface area contributed by atoms with Crippen LogP contribution >= 0.6 is 11.8 Å². The molecule has 25 heavy (non-hydrogen) atoms. The topological polar surface area (TPSA) is 54.4 Å². The number of Topliss-reactive ketones (excluding diaryl/α,β-unsaturated/α-hetero) is 2. The highest BCUT2D eigenvalue weighted by atomic mass is 32.2. The summed E-state index contributed by atoms with van der Waals surface area (Å²) in [5, 5.41) is 10.1. The zero-order valence-corrected chi connectivity index (χ0v) is 16.0. The predicted octanol–water partition coefficient (Wildman–Crippen LogP) is 3.48. The molecule has 0 aromatic rings. The number of thioether (sulfide) groups is 1. The summed E-state index contributed by atoms with van der Waals surface area (Å²) in [4.78, 5) is 24.5. The minimum Gasteiger partial charge on any atom is -0.389 e. The van der Waals surface area contributed by atoms with Crippen LogP contribution in [-0.4, -0.2) is 34.3 Å². The van der Waals surface area contributed by atoms with E-state index in [0.717, 1.165) is 43.9 Å². The molecule has 0 aromatic carbocycles. The van der Waals surface area contributed by atoms with Gasteiger partial charge < -0.3 is 5.11 Å². The van der Waals surface area contributed by atoms with Gasteiger partial charge in [0.2, 0.25) is 0 Å². The Kier molecular flexibility index (Phi) is 3.75. The molecule has 3 nitrogen and oxygen atoms in total. The van der Waals surface area contributed by atoms with E-state index in [9.17, 15) is 14.7 Å². The van der Waals surface area contributed by atoms with E-state index >= 15 is 0 Å². The summed E-state index contributed by atoms with van der Waals surface area (Å²) in [5.41, 5.74) is 0.533. The van der Waals surface area contributed by atoms with Gasteiger partial charge in [-0.05, 0) is 78.8 Å². The number of hydrogen-bond acceptors (Lipinski definition) is 4. The van der Waals surface area contributed by atoms with E-state index in [1.54, 1.807) is 0 Å². The lowest BCUT2D eigenvalue weighted by Crippen LogP contribution is -2.56. The Balaban J connectivity index is 1.48. The molecule has 1 aliphatic heterocycles. The summed E-state index contributed by atoms with van der Waals surface area (Å²) in [6, 6.07) is 0. The van der Waals surface area contributed by atoms with Crippen LogP contribution in [-0.2, 0) is 9.59 Å². The molecule has 5 unspecified atom stereocenters. The number of carbonyl (C=O) groups excluding carboxylic acids is 2. The first-order chi connectivity index (χ1) is 12.0. The maximum Gasteiger partial charge on any atom is 0.161 e. The molecule has 0 amide bonds. The van der Waals surface area contributed by atoms with Crippen molar-refractivity contribution >= 4 is 23.3 Å². The SMILES string of the molecule is C[C@]12CCC3C(C[C@@H]4SC[C@@]35CCC(=O)CC45)C1CCC2C(=O)CO. The lowest BCUT2D eigenvalue weighted by atomic mass is 9.44. The molecule has 5 aliphatic rings. The number of aliphatic hydroxyl groups is 1. The van der Waals surface area contributed by atoms with Crippen molar-refractivity contribution in [1.29, 1.82) is 0 Å². The van der Waals surface area contributed by atoms with Crippen molar-refractivity contribution < 1.29 is 14.7 Å². The van der Waals surface area contributed by atoms with E-state index in [2.05, 4.69) is 18.7 Å². The standard InChI is InChI=1S/C21H30O3S/c1-20-6-5-15-13(14(20)2-3-16(20)18(24)10-22)9-19-17-8-12(23)4-7-21(15,17)11-25-19/h13-17,19,22H,2-11H2,1H3/t13?,14?,15?,16?,17?,19-,20-,21-/m0/s1. The van der Waals surface area contributed by atoms with Crippen molar-refractivity contribution in [2.75, 3.05) is 12.4 Å². The van der Waals surface area contributed by atoms with Gasteiger partial charge in [-0.1, -0.05) is 6.92 Å². The summed E-state index contributed by atoms with van der Waals surface area (Å²) in [5.74, 6) is 4.76. The zero-order chi connectivity index (χ0) is 17.4. The highest BCUT2D eigenvalue weighted by Gasteiger charge is 2.66. The van der Waals surface area contributed by atoms with Crippen LogP contribution < -0.4 is 0 Å². The van der Waals surface area contributed by atoms with Crippen LogP contribution in [0, 0.1) is 40.4 Å². The molecular formula is C21H30O3S. The molecule has 1 heterocycles. The second-order valence-corrected chi connectivity index (χ2v) is 11.1. The molecule has 4 saturated carbocycles. The van der Waals surface area contributed by atoms with Crippen LogP contribution in [0.2, 0.25) is 0 Å². The lowest BCUT2D eigenvalue weighted by Gasteiger charge is -2.59. The number of ketones is 2. The maximum atomic E-state index is 12.3. The second kappa shape index (κ2) is 5.58. The molecule has 5 rings (SSSR count).